The summed E-state index contributed by atoms with van der Waals surface area (Å²) in [6, 6.07) is 27.4. The van der Waals surface area contributed by atoms with Gasteiger partial charge in [0.1, 0.15) is 12.4 Å². The fourth-order valence-corrected chi connectivity index (χ4v) is 5.64. The number of hydrogen-bond donors (Lipinski definition) is 3. The number of benzene rings is 3. The van der Waals surface area contributed by atoms with Gasteiger partial charge in [0, 0.05) is 31.1 Å². The molecule has 1 aliphatic rings. The normalized spacial score (nSPS) is 16.0. The molecule has 0 radical (unpaired) electrons. The number of aliphatic hydroxyl groups excluding tert-OH is 1. The van der Waals surface area contributed by atoms with Crippen LogP contribution in [0.25, 0.3) is 10.9 Å². The fourth-order valence-electron chi connectivity index (χ4n) is 5.64. The number of nitrogens with one attached hydrogen (secondary N) is 2. The highest BCUT2D eigenvalue weighted by Crippen LogP contribution is 2.32. The first-order chi connectivity index (χ1) is 20.5. The highest BCUT2D eigenvalue weighted by molar-refractivity contribution is 5.87. The van der Waals surface area contributed by atoms with Crippen molar-refractivity contribution in [3.63, 3.8) is 0 Å². The molecule has 1 saturated heterocycles. The summed E-state index contributed by atoms with van der Waals surface area (Å²) in [6.45, 7) is 8.63. The molecular weight excluding hydrogens is 526 g/mol. The number of nitrogens with zero attached hydrogens (tertiary/aromatic N) is 1. The van der Waals surface area contributed by atoms with Crippen LogP contribution in [0.4, 0.5) is 0 Å². The van der Waals surface area contributed by atoms with Gasteiger partial charge in [-0.05, 0) is 66.6 Å². The molecule has 4 aromatic rings. The van der Waals surface area contributed by atoms with E-state index < -0.39 is 6.10 Å². The molecule has 0 unspecified atom stereocenters. The predicted octanol–water partition coefficient (Wildman–Crippen LogP) is 5.09. The molecule has 0 saturated carbocycles. The van der Waals surface area contributed by atoms with Gasteiger partial charge >= 0.3 is 0 Å². The summed E-state index contributed by atoms with van der Waals surface area (Å²) in [4.78, 5) is 17.5. The molecule has 7 heteroatoms. The van der Waals surface area contributed by atoms with Crippen molar-refractivity contribution >= 4 is 10.9 Å². The van der Waals surface area contributed by atoms with Gasteiger partial charge in [-0.1, -0.05) is 73.7 Å². The zero-order valence-corrected chi connectivity index (χ0v) is 24.6. The van der Waals surface area contributed by atoms with Crippen LogP contribution >= 0.6 is 0 Å². The molecule has 3 N–H and O–H groups in total. The van der Waals surface area contributed by atoms with E-state index in [4.69, 9.17) is 9.47 Å². The van der Waals surface area contributed by atoms with Gasteiger partial charge in [0.05, 0.1) is 24.8 Å². The molecule has 0 bridgehead atoms. The number of hydrogen-bond acceptors (Lipinski definition) is 6. The minimum atomic E-state index is -0.710. The molecule has 42 heavy (non-hydrogen) atoms. The van der Waals surface area contributed by atoms with Gasteiger partial charge in [-0.15, -0.1) is 0 Å². The van der Waals surface area contributed by atoms with E-state index >= 15 is 0 Å². The summed E-state index contributed by atoms with van der Waals surface area (Å²) in [5.41, 5.74) is 3.73. The Balaban J connectivity index is 1.07. The van der Waals surface area contributed by atoms with Crippen molar-refractivity contribution in [2.75, 3.05) is 45.9 Å². The van der Waals surface area contributed by atoms with Gasteiger partial charge in [-0.2, -0.15) is 0 Å². The van der Waals surface area contributed by atoms with Crippen molar-refractivity contribution in [3.05, 3.63) is 112 Å². The Morgan fingerprint density at radius 2 is 1.64 bits per heavy atom. The molecule has 0 aliphatic carbocycles. The van der Waals surface area contributed by atoms with E-state index in [1.807, 2.05) is 48.5 Å². The number of aromatic nitrogens is 1. The van der Waals surface area contributed by atoms with Crippen LogP contribution in [0.2, 0.25) is 0 Å². The smallest absolute Gasteiger partial charge is 0.248 e. The maximum atomic E-state index is 12.1. The maximum absolute atomic E-state index is 12.1. The molecular formula is C35H43N3O4. The van der Waals surface area contributed by atoms with Crippen LogP contribution in [0.15, 0.2) is 89.7 Å². The third-order valence-electron chi connectivity index (χ3n) is 8.37. The van der Waals surface area contributed by atoms with Crippen LogP contribution in [-0.2, 0) is 17.8 Å². The Hall–Kier alpha value is -3.49. The number of ether oxygens (including phenoxy) is 2. The fraction of sp³-hybridized carbons (Fsp3) is 0.400. The first-order valence-electron chi connectivity index (χ1n) is 15.0. The van der Waals surface area contributed by atoms with Gasteiger partial charge in [0.15, 0.2) is 0 Å². The van der Waals surface area contributed by atoms with Crippen molar-refractivity contribution in [3.8, 4) is 5.75 Å². The van der Waals surface area contributed by atoms with E-state index in [-0.39, 0.29) is 11.0 Å². The zero-order chi connectivity index (χ0) is 29.2. The second kappa shape index (κ2) is 14.6. The van der Waals surface area contributed by atoms with Crippen molar-refractivity contribution in [1.29, 1.82) is 0 Å². The SMILES string of the molecule is CC1(CNC[C@H](O)c2ccc(OCc3ccccc3)c3[nH]c(=O)ccc23)CCN(CCOCCc2ccccc2)CC1. The number of aliphatic hydroxyl groups is 1. The standard InChI is InChI=1S/C35H43N3O4/c1-35(17-19-38(20-18-35)21-23-41-22-16-27-8-4-2-5-9-27)26-36-24-31(39)29-12-14-32(34-30(29)13-15-33(40)37-34)42-25-28-10-6-3-7-11-28/h2-15,31,36,39H,16-26H2,1H3,(H,37,40)/t31-/m0/s1. The van der Waals surface area contributed by atoms with E-state index in [2.05, 4.69) is 46.4 Å². The zero-order valence-electron chi connectivity index (χ0n) is 24.6. The molecule has 222 valence electrons. The lowest BCUT2D eigenvalue weighted by molar-refractivity contribution is 0.0677. The summed E-state index contributed by atoms with van der Waals surface area (Å²) in [6.07, 6.45) is 2.46. The van der Waals surface area contributed by atoms with Gasteiger partial charge in [0.25, 0.3) is 0 Å². The van der Waals surface area contributed by atoms with Crippen molar-refractivity contribution in [1.82, 2.24) is 15.2 Å². The quantitative estimate of drug-likeness (QED) is 0.183. The number of rotatable bonds is 14. The van der Waals surface area contributed by atoms with Crippen molar-refractivity contribution in [2.24, 2.45) is 5.41 Å². The van der Waals surface area contributed by atoms with Crippen LogP contribution < -0.4 is 15.6 Å². The minimum absolute atomic E-state index is 0.187. The van der Waals surface area contributed by atoms with E-state index in [1.54, 1.807) is 6.07 Å². The Morgan fingerprint density at radius 1 is 0.929 bits per heavy atom. The number of piperidine rings is 1. The molecule has 2 heterocycles. The average Bonchev–Trinajstić information content (AvgIpc) is 3.01. The van der Waals surface area contributed by atoms with Gasteiger partial charge in [-0.25, -0.2) is 0 Å². The number of fused-ring (bicyclic) bond motifs is 1. The first kappa shape index (κ1) is 30.0. The number of likely N-dealkylation sites (tertiary alicyclic amines) is 1. The summed E-state index contributed by atoms with van der Waals surface area (Å²) < 4.78 is 11.9. The largest absolute Gasteiger partial charge is 0.487 e. The predicted molar refractivity (Wildman–Crippen MR) is 168 cm³/mol. The molecule has 1 aromatic heterocycles. The molecule has 0 spiro atoms. The van der Waals surface area contributed by atoms with Crippen LogP contribution in [0.1, 0.15) is 42.6 Å². The lowest BCUT2D eigenvalue weighted by atomic mass is 9.80. The van der Waals surface area contributed by atoms with Crippen LogP contribution in [0.3, 0.4) is 0 Å². The van der Waals surface area contributed by atoms with Crippen LogP contribution in [0, 0.1) is 5.41 Å². The maximum Gasteiger partial charge on any atom is 0.248 e. The van der Waals surface area contributed by atoms with E-state index in [9.17, 15) is 9.90 Å². The number of pyridine rings is 1. The first-order valence-corrected chi connectivity index (χ1v) is 15.0. The second-order valence-corrected chi connectivity index (χ2v) is 11.7. The van der Waals surface area contributed by atoms with E-state index in [0.29, 0.717) is 24.4 Å². The summed E-state index contributed by atoms with van der Waals surface area (Å²) in [5.74, 6) is 0.594. The summed E-state index contributed by atoms with van der Waals surface area (Å²) in [7, 11) is 0. The summed E-state index contributed by atoms with van der Waals surface area (Å²) >= 11 is 0. The Labute approximate surface area is 248 Å². The number of H-pyrrole nitrogens is 1. The van der Waals surface area contributed by atoms with Gasteiger partial charge < -0.3 is 29.8 Å². The topological polar surface area (TPSA) is 86.8 Å². The van der Waals surface area contributed by atoms with Crippen molar-refractivity contribution < 1.29 is 14.6 Å². The van der Waals surface area contributed by atoms with E-state index in [0.717, 1.165) is 75.2 Å². The highest BCUT2D eigenvalue weighted by atomic mass is 16.5. The Kier molecular flexibility index (Phi) is 10.4. The number of aromatic amines is 1. The molecule has 7 nitrogen and oxygen atoms in total. The van der Waals surface area contributed by atoms with E-state index in [1.165, 1.54) is 11.6 Å². The molecule has 1 aliphatic heterocycles. The molecule has 1 fully saturated rings. The third-order valence-corrected chi connectivity index (χ3v) is 8.37. The molecule has 5 rings (SSSR count). The second-order valence-electron chi connectivity index (χ2n) is 11.7. The molecule has 3 aromatic carbocycles. The van der Waals surface area contributed by atoms with Crippen LogP contribution in [0.5, 0.6) is 5.75 Å². The Bertz CT molecular complexity index is 1450. The monoisotopic (exact) mass is 569 g/mol. The van der Waals surface area contributed by atoms with Gasteiger partial charge in [-0.3, -0.25) is 4.79 Å². The van der Waals surface area contributed by atoms with Crippen LogP contribution in [-0.4, -0.2) is 60.9 Å². The minimum Gasteiger partial charge on any atom is -0.487 e. The molecule has 1 atom stereocenters. The third kappa shape index (κ3) is 8.29. The lowest BCUT2D eigenvalue weighted by Crippen LogP contribution is -2.45. The average molecular weight is 570 g/mol. The van der Waals surface area contributed by atoms with Crippen molar-refractivity contribution in [2.45, 2.75) is 38.9 Å². The summed E-state index contributed by atoms with van der Waals surface area (Å²) in [5, 5.41) is 15.5. The Morgan fingerprint density at radius 3 is 2.38 bits per heavy atom. The highest BCUT2D eigenvalue weighted by Gasteiger charge is 2.30. The lowest BCUT2D eigenvalue weighted by Gasteiger charge is -2.39. The van der Waals surface area contributed by atoms with Gasteiger partial charge in [0.2, 0.25) is 5.56 Å². The molecule has 0 amide bonds.